The second-order valence-electron chi connectivity index (χ2n) is 7.07. The summed E-state index contributed by atoms with van der Waals surface area (Å²) >= 11 is 1.44. The number of hydrogen-bond donors (Lipinski definition) is 0. The van der Waals surface area contributed by atoms with Crippen LogP contribution >= 0.6 is 11.3 Å². The lowest BCUT2D eigenvalue weighted by Crippen LogP contribution is -2.44. The van der Waals surface area contributed by atoms with Crippen LogP contribution in [0.5, 0.6) is 0 Å². The van der Waals surface area contributed by atoms with E-state index in [-0.39, 0.29) is 12.0 Å². The molecule has 0 N–H and O–H groups in total. The van der Waals surface area contributed by atoms with Gasteiger partial charge in [0.1, 0.15) is 4.83 Å². The van der Waals surface area contributed by atoms with Crippen molar-refractivity contribution < 1.29 is 9.53 Å². The van der Waals surface area contributed by atoms with Crippen molar-refractivity contribution in [2.75, 3.05) is 19.7 Å². The van der Waals surface area contributed by atoms with Gasteiger partial charge in [0.05, 0.1) is 23.3 Å². The second-order valence-corrected chi connectivity index (χ2v) is 8.10. The number of morpholine rings is 1. The highest BCUT2D eigenvalue weighted by atomic mass is 32.1. The van der Waals surface area contributed by atoms with E-state index in [2.05, 4.69) is 10.1 Å². The summed E-state index contributed by atoms with van der Waals surface area (Å²) in [5.74, 6) is 0.0538. The van der Waals surface area contributed by atoms with Crippen LogP contribution in [-0.4, -0.2) is 56.4 Å². The molecule has 4 aromatic rings. The van der Waals surface area contributed by atoms with Gasteiger partial charge in [-0.2, -0.15) is 5.10 Å². The number of pyridine rings is 2. The minimum Gasteiger partial charge on any atom is -0.375 e. The van der Waals surface area contributed by atoms with Crippen LogP contribution in [0.4, 0.5) is 0 Å². The minimum atomic E-state index is 0.0538. The van der Waals surface area contributed by atoms with Gasteiger partial charge < -0.3 is 9.64 Å². The Balaban J connectivity index is 1.48. The van der Waals surface area contributed by atoms with Gasteiger partial charge in [0, 0.05) is 48.9 Å². The van der Waals surface area contributed by atoms with Gasteiger partial charge in [-0.1, -0.05) is 0 Å². The van der Waals surface area contributed by atoms with Crippen molar-refractivity contribution in [2.24, 2.45) is 7.05 Å². The standard InChI is InChI=1S/C20H19N5O2S/c1-12-10-25(5-6-27-12)20(26)17-8-13-3-4-16(22-19(13)28-17)14-7-15-11-24(2)23-18(15)21-9-14/h3-4,7-9,11-12H,5-6,10H2,1-2H3/t12-/m0/s1. The Morgan fingerprint density at radius 2 is 2.18 bits per heavy atom. The van der Waals surface area contributed by atoms with E-state index in [1.807, 2.05) is 49.3 Å². The Morgan fingerprint density at radius 1 is 1.29 bits per heavy atom. The van der Waals surface area contributed by atoms with Crippen molar-refractivity contribution in [3.63, 3.8) is 0 Å². The summed E-state index contributed by atoms with van der Waals surface area (Å²) in [6.45, 7) is 3.84. The maximum absolute atomic E-state index is 12.9. The van der Waals surface area contributed by atoms with E-state index in [0.717, 1.165) is 37.4 Å². The highest BCUT2D eigenvalue weighted by Crippen LogP contribution is 2.29. The van der Waals surface area contributed by atoms with E-state index < -0.39 is 0 Å². The summed E-state index contributed by atoms with van der Waals surface area (Å²) in [7, 11) is 1.88. The zero-order valence-corrected chi connectivity index (χ0v) is 16.4. The van der Waals surface area contributed by atoms with Gasteiger partial charge in [-0.05, 0) is 31.2 Å². The normalized spacial score (nSPS) is 17.5. The lowest BCUT2D eigenvalue weighted by atomic mass is 10.1. The molecule has 0 unspecified atom stereocenters. The number of rotatable bonds is 2. The molecule has 1 atom stereocenters. The Labute approximate surface area is 165 Å². The van der Waals surface area contributed by atoms with Crippen LogP contribution in [0, 0.1) is 0 Å². The van der Waals surface area contributed by atoms with Crippen LogP contribution in [-0.2, 0) is 11.8 Å². The molecular formula is C20H19N5O2S. The Hall–Kier alpha value is -2.84. The van der Waals surface area contributed by atoms with E-state index in [1.165, 1.54) is 11.3 Å². The molecule has 4 aromatic heterocycles. The highest BCUT2D eigenvalue weighted by Gasteiger charge is 2.24. The van der Waals surface area contributed by atoms with E-state index in [0.29, 0.717) is 19.7 Å². The van der Waals surface area contributed by atoms with Crippen molar-refractivity contribution in [3.8, 4) is 11.3 Å². The molecule has 5 rings (SSSR count). The molecular weight excluding hydrogens is 374 g/mol. The van der Waals surface area contributed by atoms with Crippen molar-refractivity contribution in [2.45, 2.75) is 13.0 Å². The zero-order chi connectivity index (χ0) is 19.3. The number of carbonyl (C=O) groups is 1. The van der Waals surface area contributed by atoms with Crippen molar-refractivity contribution in [1.82, 2.24) is 24.6 Å². The fraction of sp³-hybridized carbons (Fsp3) is 0.300. The quantitative estimate of drug-likeness (QED) is 0.523. The number of fused-ring (bicyclic) bond motifs is 2. The summed E-state index contributed by atoms with van der Waals surface area (Å²) in [5.41, 5.74) is 2.49. The molecule has 0 aromatic carbocycles. The number of thiophene rings is 1. The molecule has 1 fully saturated rings. The van der Waals surface area contributed by atoms with Gasteiger partial charge in [-0.25, -0.2) is 9.97 Å². The molecule has 8 heteroatoms. The molecule has 1 amide bonds. The Morgan fingerprint density at radius 3 is 3.04 bits per heavy atom. The summed E-state index contributed by atoms with van der Waals surface area (Å²) in [6, 6.07) is 7.96. The molecule has 1 saturated heterocycles. The number of carbonyl (C=O) groups excluding carboxylic acids is 1. The first-order chi connectivity index (χ1) is 13.6. The maximum atomic E-state index is 12.9. The number of nitrogens with zero attached hydrogens (tertiary/aromatic N) is 5. The van der Waals surface area contributed by atoms with Gasteiger partial charge in [0.15, 0.2) is 5.65 Å². The molecule has 5 heterocycles. The Kier molecular flexibility index (Phi) is 4.10. The molecule has 1 aliphatic rings. The van der Waals surface area contributed by atoms with Crippen LogP contribution in [0.2, 0.25) is 0 Å². The fourth-order valence-electron chi connectivity index (χ4n) is 3.52. The lowest BCUT2D eigenvalue weighted by molar-refractivity contribution is -0.0122. The molecule has 0 saturated carbocycles. The number of aryl methyl sites for hydroxylation is 1. The van der Waals surface area contributed by atoms with Crippen LogP contribution < -0.4 is 0 Å². The molecule has 0 radical (unpaired) electrons. The van der Waals surface area contributed by atoms with Crippen LogP contribution in [0.3, 0.4) is 0 Å². The van der Waals surface area contributed by atoms with Crippen molar-refractivity contribution in [3.05, 3.63) is 41.5 Å². The summed E-state index contributed by atoms with van der Waals surface area (Å²) < 4.78 is 7.29. The third kappa shape index (κ3) is 3.04. The largest absolute Gasteiger partial charge is 0.375 e. The number of hydrogen-bond acceptors (Lipinski definition) is 6. The topological polar surface area (TPSA) is 73.1 Å². The highest BCUT2D eigenvalue weighted by molar-refractivity contribution is 7.20. The maximum Gasteiger partial charge on any atom is 0.264 e. The lowest BCUT2D eigenvalue weighted by Gasteiger charge is -2.30. The van der Waals surface area contributed by atoms with Crippen LogP contribution in [0.25, 0.3) is 32.5 Å². The SMILES string of the molecule is C[C@H]1CN(C(=O)c2cc3ccc(-c4cnc5nn(C)cc5c4)nc3s2)CCO1. The summed E-state index contributed by atoms with van der Waals surface area (Å²) in [6.07, 6.45) is 3.81. The molecule has 0 aliphatic carbocycles. The minimum absolute atomic E-state index is 0.0538. The monoisotopic (exact) mass is 393 g/mol. The molecule has 0 spiro atoms. The molecule has 28 heavy (non-hydrogen) atoms. The predicted molar refractivity (Wildman–Crippen MR) is 108 cm³/mol. The number of amides is 1. The summed E-state index contributed by atoms with van der Waals surface area (Å²) in [5, 5.41) is 6.26. The van der Waals surface area contributed by atoms with Crippen molar-refractivity contribution >= 4 is 38.5 Å². The number of aromatic nitrogens is 4. The van der Waals surface area contributed by atoms with Crippen LogP contribution in [0.1, 0.15) is 16.6 Å². The molecule has 0 bridgehead atoms. The van der Waals surface area contributed by atoms with Crippen molar-refractivity contribution in [1.29, 1.82) is 0 Å². The zero-order valence-electron chi connectivity index (χ0n) is 15.6. The second kappa shape index (κ2) is 6.65. The summed E-state index contributed by atoms with van der Waals surface area (Å²) in [4.78, 5) is 25.5. The first-order valence-corrected chi connectivity index (χ1v) is 10.00. The molecule has 1 aliphatic heterocycles. The van der Waals surface area contributed by atoms with Gasteiger partial charge in [-0.3, -0.25) is 9.48 Å². The fourth-order valence-corrected chi connectivity index (χ4v) is 4.51. The third-order valence-corrected chi connectivity index (χ3v) is 5.92. The van der Waals surface area contributed by atoms with Crippen LogP contribution in [0.15, 0.2) is 36.7 Å². The number of ether oxygens (including phenoxy) is 1. The Bertz CT molecular complexity index is 1200. The predicted octanol–water partition coefficient (Wildman–Crippen LogP) is 3.11. The molecule has 142 valence electrons. The first-order valence-electron chi connectivity index (χ1n) is 9.18. The smallest absolute Gasteiger partial charge is 0.264 e. The van der Waals surface area contributed by atoms with Gasteiger partial charge in [0.2, 0.25) is 0 Å². The van der Waals surface area contributed by atoms with Gasteiger partial charge in [-0.15, -0.1) is 11.3 Å². The van der Waals surface area contributed by atoms with E-state index in [4.69, 9.17) is 9.72 Å². The average molecular weight is 393 g/mol. The van der Waals surface area contributed by atoms with E-state index in [1.54, 1.807) is 10.9 Å². The average Bonchev–Trinajstić information content (AvgIpc) is 3.28. The van der Waals surface area contributed by atoms with E-state index in [9.17, 15) is 4.79 Å². The third-order valence-electron chi connectivity index (χ3n) is 4.89. The van der Waals surface area contributed by atoms with Gasteiger partial charge >= 0.3 is 0 Å². The van der Waals surface area contributed by atoms with E-state index >= 15 is 0 Å². The first kappa shape index (κ1) is 17.3. The van der Waals surface area contributed by atoms with Gasteiger partial charge in [0.25, 0.3) is 5.91 Å². The molecule has 7 nitrogen and oxygen atoms in total.